The summed E-state index contributed by atoms with van der Waals surface area (Å²) in [6.45, 7) is 5.30. The van der Waals surface area contributed by atoms with Crippen LogP contribution in [0.1, 0.15) is 86.3 Å². The number of benzene rings is 3. The van der Waals surface area contributed by atoms with E-state index in [2.05, 4.69) is 73.3 Å². The molecule has 7 aromatic rings. The van der Waals surface area contributed by atoms with Crippen LogP contribution in [0.5, 0.6) is 0 Å². The molecule has 17 nitrogen and oxygen atoms in total. The van der Waals surface area contributed by atoms with E-state index < -0.39 is 17.4 Å². The standard InChI is InChI=1S/C28H27N5O4.C21H23N5O3/c1-2-28-22(35-15-18-9-5-3-6-10-18)21(36-27(28)13-14-27)26(37-28)33-17-31-20-23(29-16-30-24(20)33)32-25(34)19-11-7-4-8-12-19;1-2-21-16(27-10-13-6-4-3-5-7-13)15(28-20(21)8-9-20)19(29-21)26-12-25-14-17(22)23-11-24-18(14)26/h3-12,16-17,21-22,26H,2,13-15H2,1H3,(H,29,30,32,34);3-7,11-12,15-16,19H,2,8-10H2,1H3,(H2,22,23,24)/t21?,22-,26-,28-;15?,16-,19-,21-/m11/s1. The van der Waals surface area contributed by atoms with Gasteiger partial charge in [0.2, 0.25) is 0 Å². The minimum absolute atomic E-state index is 0.156. The Balaban J connectivity index is 0.000000142. The Morgan fingerprint density at radius 1 is 0.636 bits per heavy atom. The van der Waals surface area contributed by atoms with Crippen molar-refractivity contribution < 1.29 is 33.2 Å². The monoisotopic (exact) mass is 890 g/mol. The van der Waals surface area contributed by atoms with E-state index in [1.54, 1.807) is 24.8 Å². The molecule has 2 spiro atoms. The molecule has 4 bridgehead atoms. The number of carbonyl (C=O) groups is 1. The normalized spacial score (nSPS) is 29.1. The van der Waals surface area contributed by atoms with Crippen molar-refractivity contribution in [1.29, 1.82) is 0 Å². The van der Waals surface area contributed by atoms with E-state index in [9.17, 15) is 4.79 Å². The van der Waals surface area contributed by atoms with E-state index in [4.69, 9.17) is 34.2 Å². The number of nitrogens with two attached hydrogens (primary N) is 1. The minimum atomic E-state index is -0.537. The number of amides is 1. The molecule has 8 heterocycles. The van der Waals surface area contributed by atoms with E-state index >= 15 is 0 Å². The van der Waals surface area contributed by atoms with Gasteiger partial charge in [-0.1, -0.05) is 92.7 Å². The Morgan fingerprint density at radius 2 is 1.11 bits per heavy atom. The number of hydrogen-bond acceptors (Lipinski definition) is 14. The Kier molecular flexibility index (Phi) is 9.82. The topological polar surface area (TPSA) is 198 Å². The highest BCUT2D eigenvalue weighted by molar-refractivity contribution is 6.06. The number of imidazole rings is 2. The smallest absolute Gasteiger partial charge is 0.256 e. The molecule has 66 heavy (non-hydrogen) atoms. The first-order valence-corrected chi connectivity index (χ1v) is 22.8. The third-order valence-electron chi connectivity index (χ3n) is 14.6. The van der Waals surface area contributed by atoms with Gasteiger partial charge in [-0.15, -0.1) is 0 Å². The molecule has 3 N–H and O–H groups in total. The number of fused-ring (bicyclic) bond motifs is 8. The molecule has 6 fully saturated rings. The molecule has 13 rings (SSSR count). The molecule has 8 atom stereocenters. The van der Waals surface area contributed by atoms with Crippen LogP contribution in [0.15, 0.2) is 116 Å². The zero-order chi connectivity index (χ0) is 44.7. The lowest BCUT2D eigenvalue weighted by Gasteiger charge is -2.38. The molecule has 4 saturated heterocycles. The van der Waals surface area contributed by atoms with Crippen molar-refractivity contribution in [3.05, 3.63) is 133 Å². The van der Waals surface area contributed by atoms with Gasteiger partial charge < -0.3 is 39.5 Å². The highest BCUT2D eigenvalue weighted by atomic mass is 16.7. The second kappa shape index (κ2) is 15.7. The molecule has 2 unspecified atom stereocenters. The summed E-state index contributed by atoms with van der Waals surface area (Å²) in [5.74, 6) is 0.450. The molecule has 3 aromatic carbocycles. The Bertz CT molecular complexity index is 2910. The van der Waals surface area contributed by atoms with E-state index in [1.165, 1.54) is 12.7 Å². The molecule has 2 aliphatic carbocycles. The fourth-order valence-corrected chi connectivity index (χ4v) is 11.1. The van der Waals surface area contributed by atoms with Crippen LogP contribution in [0, 0.1) is 0 Å². The summed E-state index contributed by atoms with van der Waals surface area (Å²) in [6.07, 6.45) is 10.1. The van der Waals surface area contributed by atoms with Crippen LogP contribution in [0.4, 0.5) is 11.6 Å². The maximum atomic E-state index is 12.7. The Labute approximate surface area is 380 Å². The van der Waals surface area contributed by atoms with Crippen molar-refractivity contribution >= 4 is 39.9 Å². The average Bonchev–Trinajstić information content (AvgIpc) is 3.97. The van der Waals surface area contributed by atoms with Gasteiger partial charge in [0, 0.05) is 5.56 Å². The van der Waals surface area contributed by atoms with Crippen LogP contribution >= 0.6 is 0 Å². The molecular formula is C49H50N10O7. The van der Waals surface area contributed by atoms with Crippen molar-refractivity contribution in [3.8, 4) is 0 Å². The van der Waals surface area contributed by atoms with Gasteiger partial charge in [0.05, 0.1) is 25.9 Å². The van der Waals surface area contributed by atoms with Crippen molar-refractivity contribution in [2.75, 3.05) is 11.1 Å². The van der Waals surface area contributed by atoms with Crippen molar-refractivity contribution in [2.45, 2.75) is 125 Å². The maximum absolute atomic E-state index is 12.7. The molecule has 4 aromatic heterocycles. The van der Waals surface area contributed by atoms with Gasteiger partial charge in [-0.05, 0) is 61.8 Å². The summed E-state index contributed by atoms with van der Waals surface area (Å²) >= 11 is 0. The molecule has 17 heteroatoms. The highest BCUT2D eigenvalue weighted by Gasteiger charge is 2.79. The quantitative estimate of drug-likeness (QED) is 0.129. The number of nitrogens with zero attached hydrogens (tertiary/aromatic N) is 8. The van der Waals surface area contributed by atoms with Gasteiger partial charge >= 0.3 is 0 Å². The van der Waals surface area contributed by atoms with Crippen LogP contribution in [0.3, 0.4) is 0 Å². The summed E-state index contributed by atoms with van der Waals surface area (Å²) < 4.78 is 43.7. The summed E-state index contributed by atoms with van der Waals surface area (Å²) in [5, 5.41) is 2.87. The molecule has 1 amide bonds. The van der Waals surface area contributed by atoms with Crippen molar-refractivity contribution in [1.82, 2.24) is 39.0 Å². The number of nitrogen functional groups attached to an aromatic ring is 1. The van der Waals surface area contributed by atoms with Gasteiger partial charge in [-0.3, -0.25) is 13.9 Å². The lowest BCUT2D eigenvalue weighted by Crippen LogP contribution is -2.49. The first-order chi connectivity index (χ1) is 32.3. The molecule has 6 aliphatic rings. The van der Waals surface area contributed by atoms with Gasteiger partial charge in [-0.25, -0.2) is 29.9 Å². The highest BCUT2D eigenvalue weighted by Crippen LogP contribution is 2.67. The summed E-state index contributed by atoms with van der Waals surface area (Å²) in [6, 6.07) is 29.4. The second-order valence-electron chi connectivity index (χ2n) is 18.0. The Hall–Kier alpha value is -6.21. The third kappa shape index (κ3) is 6.32. The van der Waals surface area contributed by atoms with Crippen LogP contribution in [-0.4, -0.2) is 91.8 Å². The Morgan fingerprint density at radius 3 is 1.61 bits per heavy atom. The third-order valence-corrected chi connectivity index (χ3v) is 14.6. The fraction of sp³-hybridized carbons (Fsp3) is 0.408. The summed E-state index contributed by atoms with van der Waals surface area (Å²) in [5.41, 5.74) is 9.52. The number of carbonyl (C=O) groups excluding carboxylic acids is 1. The number of aromatic nitrogens is 8. The van der Waals surface area contributed by atoms with Crippen molar-refractivity contribution in [3.63, 3.8) is 0 Å². The molecule has 0 radical (unpaired) electrons. The molecule has 4 aliphatic heterocycles. The van der Waals surface area contributed by atoms with Crippen LogP contribution in [0.25, 0.3) is 22.3 Å². The zero-order valence-corrected chi connectivity index (χ0v) is 36.6. The first-order valence-electron chi connectivity index (χ1n) is 22.8. The molecule has 338 valence electrons. The van der Waals surface area contributed by atoms with Crippen LogP contribution in [0.2, 0.25) is 0 Å². The first kappa shape index (κ1) is 41.2. The maximum Gasteiger partial charge on any atom is 0.256 e. The molecular weight excluding hydrogens is 841 g/mol. The van der Waals surface area contributed by atoms with Gasteiger partial charge in [0.15, 0.2) is 40.9 Å². The van der Waals surface area contributed by atoms with Crippen LogP contribution < -0.4 is 11.1 Å². The minimum Gasteiger partial charge on any atom is -0.382 e. The fourth-order valence-electron chi connectivity index (χ4n) is 11.1. The van der Waals surface area contributed by atoms with E-state index in [1.807, 2.05) is 63.7 Å². The lowest BCUT2D eigenvalue weighted by atomic mass is 9.87. The predicted molar refractivity (Wildman–Crippen MR) is 239 cm³/mol. The van der Waals surface area contributed by atoms with Crippen LogP contribution in [-0.2, 0) is 41.6 Å². The van der Waals surface area contributed by atoms with E-state index in [0.717, 1.165) is 49.7 Å². The summed E-state index contributed by atoms with van der Waals surface area (Å²) in [7, 11) is 0. The van der Waals surface area contributed by atoms with Crippen molar-refractivity contribution in [2.24, 2.45) is 0 Å². The number of anilines is 2. The van der Waals surface area contributed by atoms with E-state index in [0.29, 0.717) is 52.7 Å². The average molecular weight is 891 g/mol. The second-order valence-corrected chi connectivity index (χ2v) is 18.0. The number of nitrogens with one attached hydrogen (secondary N) is 1. The largest absolute Gasteiger partial charge is 0.382 e. The molecule has 2 saturated carbocycles. The number of hydrogen-bond donors (Lipinski definition) is 2. The predicted octanol–water partition coefficient (Wildman–Crippen LogP) is 6.88. The van der Waals surface area contributed by atoms with Gasteiger partial charge in [0.25, 0.3) is 5.91 Å². The SMILES string of the molecule is CC[C@]12O[C@@H](n3cnc4c(N)ncnc43)C(OC13CC3)[C@H]2OCc1ccccc1.CC[C@]12O[C@@H](n3cnc4c(NC(=O)c5ccccc5)ncnc43)C(OC13CC3)[C@H]2OCc1ccccc1. The number of ether oxygens (including phenoxy) is 6. The zero-order valence-electron chi connectivity index (χ0n) is 36.6. The van der Waals surface area contributed by atoms with Gasteiger partial charge in [-0.2, -0.15) is 0 Å². The van der Waals surface area contributed by atoms with E-state index in [-0.39, 0.29) is 47.8 Å². The summed E-state index contributed by atoms with van der Waals surface area (Å²) in [4.78, 5) is 38.9. The van der Waals surface area contributed by atoms with Gasteiger partial charge in [0.1, 0.15) is 65.0 Å². The lowest BCUT2D eigenvalue weighted by molar-refractivity contribution is -0.224. The number of rotatable bonds is 12.